The first-order valence-electron chi connectivity index (χ1n) is 3.98. The fourth-order valence-corrected chi connectivity index (χ4v) is 0.742. The van der Waals surface area contributed by atoms with Gasteiger partial charge in [-0.3, -0.25) is 5.10 Å². The zero-order valence-corrected chi connectivity index (χ0v) is 7.69. The molecule has 0 atom stereocenters. The van der Waals surface area contributed by atoms with Crippen molar-refractivity contribution in [2.75, 3.05) is 0 Å². The van der Waals surface area contributed by atoms with Crippen LogP contribution in [0.3, 0.4) is 0 Å². The highest BCUT2D eigenvalue weighted by atomic mass is 19.5. The molecule has 0 amide bonds. The molecule has 1 N–H and O–H groups in total. The quantitative estimate of drug-likeness (QED) is 0.600. The second-order valence-corrected chi connectivity index (χ2v) is 2.43. The molecular formula is C6H5BF4N5-. The molecule has 0 saturated heterocycles. The summed E-state index contributed by atoms with van der Waals surface area (Å²) in [5.41, 5.74) is 0.658. The first-order chi connectivity index (χ1) is 7.47. The van der Waals surface area contributed by atoms with Crippen LogP contribution in [0, 0.1) is 0 Å². The largest absolute Gasteiger partial charge is 0.673 e. The van der Waals surface area contributed by atoms with Gasteiger partial charge >= 0.3 is 7.25 Å². The molecule has 2 heterocycles. The molecule has 10 heteroatoms. The molecule has 5 nitrogen and oxygen atoms in total. The summed E-state index contributed by atoms with van der Waals surface area (Å²) in [6.07, 6.45) is 4.98. The van der Waals surface area contributed by atoms with E-state index in [-0.39, 0.29) is 0 Å². The standard InChI is InChI=1S/C6H5N5.BF4/c1-2-7-6(8-3-1)5-4-9-11-10-5;2-1(3,4)5/h1-4H,(H,9,10,11);/q;-1. The minimum Gasteiger partial charge on any atom is -0.418 e. The van der Waals surface area contributed by atoms with Crippen molar-refractivity contribution < 1.29 is 17.3 Å². The molecule has 0 aliphatic carbocycles. The number of aromatic nitrogens is 5. The monoisotopic (exact) mass is 234 g/mol. The summed E-state index contributed by atoms with van der Waals surface area (Å²) in [6, 6.07) is 1.75. The summed E-state index contributed by atoms with van der Waals surface area (Å²) in [5.74, 6) is 0.584. The van der Waals surface area contributed by atoms with Crippen molar-refractivity contribution in [1.29, 1.82) is 0 Å². The van der Waals surface area contributed by atoms with E-state index in [1.54, 1.807) is 24.7 Å². The first-order valence-corrected chi connectivity index (χ1v) is 3.98. The van der Waals surface area contributed by atoms with E-state index in [9.17, 15) is 17.3 Å². The number of aromatic amines is 1. The van der Waals surface area contributed by atoms with E-state index in [2.05, 4.69) is 25.4 Å². The van der Waals surface area contributed by atoms with Crippen LogP contribution in [0.4, 0.5) is 17.3 Å². The fraction of sp³-hybridized carbons (Fsp3) is 0. The molecule has 86 valence electrons. The lowest BCUT2D eigenvalue weighted by Gasteiger charge is -1.94. The molecule has 0 saturated carbocycles. The smallest absolute Gasteiger partial charge is 0.418 e. The van der Waals surface area contributed by atoms with E-state index >= 15 is 0 Å². The SMILES string of the molecule is F[B-](F)(F)F.c1cnc(-c2c[nH]nn2)nc1. The van der Waals surface area contributed by atoms with Gasteiger partial charge in [0.1, 0.15) is 5.69 Å². The highest BCUT2D eigenvalue weighted by Gasteiger charge is 2.20. The molecule has 0 aliphatic rings. The maximum absolute atomic E-state index is 9.75. The van der Waals surface area contributed by atoms with Crippen LogP contribution in [-0.2, 0) is 0 Å². The van der Waals surface area contributed by atoms with E-state index < -0.39 is 7.25 Å². The number of nitrogens with one attached hydrogen (secondary N) is 1. The minimum atomic E-state index is -6.00. The van der Waals surface area contributed by atoms with Gasteiger partial charge < -0.3 is 17.3 Å². The molecule has 0 bridgehead atoms. The molecule has 2 rings (SSSR count). The summed E-state index contributed by atoms with van der Waals surface area (Å²) in [5, 5.41) is 9.89. The van der Waals surface area contributed by atoms with Crippen LogP contribution in [0.1, 0.15) is 0 Å². The lowest BCUT2D eigenvalue weighted by atomic mass is 10.3. The zero-order valence-electron chi connectivity index (χ0n) is 7.69. The van der Waals surface area contributed by atoms with Crippen LogP contribution in [0.5, 0.6) is 0 Å². The van der Waals surface area contributed by atoms with Gasteiger partial charge in [-0.1, -0.05) is 5.21 Å². The summed E-state index contributed by atoms with van der Waals surface area (Å²) in [4.78, 5) is 7.98. The fourth-order valence-electron chi connectivity index (χ4n) is 0.742. The van der Waals surface area contributed by atoms with Gasteiger partial charge in [0.05, 0.1) is 6.20 Å². The van der Waals surface area contributed by atoms with Crippen LogP contribution in [-0.4, -0.2) is 32.6 Å². The summed E-state index contributed by atoms with van der Waals surface area (Å²) < 4.78 is 39.0. The molecule has 0 aromatic carbocycles. The normalized spacial score (nSPS) is 10.5. The van der Waals surface area contributed by atoms with Crippen molar-refractivity contribution >= 4 is 7.25 Å². The Balaban J connectivity index is 0.000000221. The maximum Gasteiger partial charge on any atom is 0.673 e. The Labute approximate surface area is 87.0 Å². The predicted octanol–water partition coefficient (Wildman–Crippen LogP) is 1.56. The van der Waals surface area contributed by atoms with Gasteiger partial charge in [-0.25, -0.2) is 9.97 Å². The van der Waals surface area contributed by atoms with Gasteiger partial charge in [-0.2, -0.15) is 0 Å². The Kier molecular flexibility index (Phi) is 3.92. The third-order valence-corrected chi connectivity index (χ3v) is 1.21. The Bertz CT molecular complexity index is 397. The highest BCUT2D eigenvalue weighted by molar-refractivity contribution is 6.50. The van der Waals surface area contributed by atoms with Gasteiger partial charge in [0.25, 0.3) is 0 Å². The van der Waals surface area contributed by atoms with Gasteiger partial charge in [-0.15, -0.1) is 5.10 Å². The van der Waals surface area contributed by atoms with Crippen LogP contribution in [0.25, 0.3) is 11.5 Å². The van der Waals surface area contributed by atoms with Crippen LogP contribution < -0.4 is 0 Å². The Morgan fingerprint density at radius 3 is 2.06 bits per heavy atom. The number of halogens is 4. The Morgan fingerprint density at radius 1 is 1.06 bits per heavy atom. The van der Waals surface area contributed by atoms with Gasteiger partial charge in [0, 0.05) is 12.4 Å². The molecule has 0 fully saturated rings. The highest BCUT2D eigenvalue weighted by Crippen LogP contribution is 2.06. The number of nitrogens with zero attached hydrogens (tertiary/aromatic N) is 4. The van der Waals surface area contributed by atoms with Crippen LogP contribution in [0.15, 0.2) is 24.7 Å². The molecule has 16 heavy (non-hydrogen) atoms. The van der Waals surface area contributed by atoms with Crippen molar-refractivity contribution in [3.8, 4) is 11.5 Å². The molecular weight excluding hydrogens is 229 g/mol. The molecule has 0 aliphatic heterocycles. The van der Waals surface area contributed by atoms with Gasteiger partial charge in [0.2, 0.25) is 0 Å². The number of hydrogen-bond donors (Lipinski definition) is 1. The van der Waals surface area contributed by atoms with E-state index in [4.69, 9.17) is 0 Å². The summed E-state index contributed by atoms with van der Waals surface area (Å²) >= 11 is 0. The third kappa shape index (κ3) is 5.03. The van der Waals surface area contributed by atoms with Gasteiger partial charge in [-0.05, 0) is 6.07 Å². The second kappa shape index (κ2) is 5.19. The zero-order chi connectivity index (χ0) is 12.0. The Morgan fingerprint density at radius 2 is 1.62 bits per heavy atom. The molecule has 0 unspecified atom stereocenters. The maximum atomic E-state index is 9.75. The van der Waals surface area contributed by atoms with E-state index in [0.29, 0.717) is 11.5 Å². The number of H-pyrrole nitrogens is 1. The van der Waals surface area contributed by atoms with Crippen LogP contribution >= 0.6 is 0 Å². The molecule has 2 aromatic rings. The summed E-state index contributed by atoms with van der Waals surface area (Å²) in [7, 11) is -6.00. The van der Waals surface area contributed by atoms with Crippen molar-refractivity contribution in [2.45, 2.75) is 0 Å². The van der Waals surface area contributed by atoms with Gasteiger partial charge in [0.15, 0.2) is 5.82 Å². The molecule has 0 radical (unpaired) electrons. The average molecular weight is 234 g/mol. The predicted molar refractivity (Wildman–Crippen MR) is 47.6 cm³/mol. The minimum absolute atomic E-state index is 0.584. The van der Waals surface area contributed by atoms with Crippen molar-refractivity contribution in [1.82, 2.24) is 25.4 Å². The summed E-state index contributed by atoms with van der Waals surface area (Å²) in [6.45, 7) is 0. The average Bonchev–Trinajstić information content (AvgIpc) is 2.69. The van der Waals surface area contributed by atoms with E-state index in [1.165, 1.54) is 0 Å². The van der Waals surface area contributed by atoms with E-state index in [0.717, 1.165) is 0 Å². The van der Waals surface area contributed by atoms with Crippen LogP contribution in [0.2, 0.25) is 0 Å². The van der Waals surface area contributed by atoms with Crippen molar-refractivity contribution in [2.24, 2.45) is 0 Å². The second-order valence-electron chi connectivity index (χ2n) is 2.43. The Hall–Kier alpha value is -2.00. The lowest BCUT2D eigenvalue weighted by Crippen LogP contribution is -2.02. The third-order valence-electron chi connectivity index (χ3n) is 1.21. The van der Waals surface area contributed by atoms with Crippen molar-refractivity contribution in [3.63, 3.8) is 0 Å². The van der Waals surface area contributed by atoms with E-state index in [1.807, 2.05) is 0 Å². The number of hydrogen-bond acceptors (Lipinski definition) is 4. The van der Waals surface area contributed by atoms with Crippen molar-refractivity contribution in [3.05, 3.63) is 24.7 Å². The lowest BCUT2D eigenvalue weighted by molar-refractivity contribution is 0.368. The molecule has 0 spiro atoms. The topological polar surface area (TPSA) is 67.3 Å². The molecule has 2 aromatic heterocycles. The first kappa shape index (κ1) is 12.1. The number of rotatable bonds is 1.